The molecule has 1 rings (SSSR count). The molecule has 1 aliphatic heterocycles. The van der Waals surface area contributed by atoms with Gasteiger partial charge in [-0.15, -0.1) is 0 Å². The average Bonchev–Trinajstić information content (AvgIpc) is 2.34. The fourth-order valence-corrected chi connectivity index (χ4v) is 1.38. The van der Waals surface area contributed by atoms with Gasteiger partial charge in [0.05, 0.1) is 5.25 Å². The Morgan fingerprint density at radius 1 is 1.80 bits per heavy atom. The maximum atomic E-state index is 11.8. The number of halogens is 1. The molecule has 2 atom stereocenters. The molecule has 10 heavy (non-hydrogen) atoms. The molecule has 1 aliphatic rings. The predicted octanol–water partition coefficient (Wildman–Crippen LogP) is 0.419. The molecule has 0 aromatic rings. The van der Waals surface area contributed by atoms with Crippen LogP contribution in [0.25, 0.3) is 0 Å². The van der Waals surface area contributed by atoms with Gasteiger partial charge in [0.1, 0.15) is 6.04 Å². The van der Waals surface area contributed by atoms with Crippen molar-refractivity contribution in [2.75, 3.05) is 6.54 Å². The lowest BCUT2D eigenvalue weighted by Crippen LogP contribution is -2.29. The number of nitrogens with one attached hydrogen (secondary N) is 1. The number of carboxylic acids is 1. The summed E-state index contributed by atoms with van der Waals surface area (Å²) in [5, 5.41) is 10.9. The minimum atomic E-state index is -0.892. The molecule has 0 aliphatic carbocycles. The van der Waals surface area contributed by atoms with Crippen molar-refractivity contribution in [1.29, 1.82) is 0 Å². The Balaban J connectivity index is 2.35. The van der Waals surface area contributed by atoms with Gasteiger partial charge in [0.25, 0.3) is 0 Å². The predicted molar refractivity (Wildman–Crippen MR) is 36.5 cm³/mol. The van der Waals surface area contributed by atoms with Gasteiger partial charge < -0.3 is 10.4 Å². The third kappa shape index (κ3) is 1.60. The van der Waals surface area contributed by atoms with E-state index < -0.39 is 12.0 Å². The van der Waals surface area contributed by atoms with Crippen molar-refractivity contribution in [2.24, 2.45) is 0 Å². The molecule has 1 heterocycles. The summed E-state index contributed by atoms with van der Waals surface area (Å²) in [6.45, 7) is 0.456. The second kappa shape index (κ2) is 3.21. The molecule has 0 saturated carbocycles. The third-order valence-corrected chi connectivity index (χ3v) is 2.13. The monoisotopic (exact) mass is 165 g/mol. The van der Waals surface area contributed by atoms with Crippen LogP contribution in [0.1, 0.15) is 6.42 Å². The van der Waals surface area contributed by atoms with E-state index in [2.05, 4.69) is 5.32 Å². The quantitative estimate of drug-likeness (QED) is 0.622. The van der Waals surface area contributed by atoms with Crippen LogP contribution in [-0.4, -0.2) is 28.9 Å². The van der Waals surface area contributed by atoms with E-state index >= 15 is 0 Å². The zero-order chi connectivity index (χ0) is 7.56. The van der Waals surface area contributed by atoms with E-state index in [1.165, 1.54) is 0 Å². The standard InChI is InChI=1S/C5H8FNO2S/c6-10-3-1-4(5(8)9)7-2-3/h3-4,7H,1-2H2,(H,8,9)/t3?,4-/m0/s1. The Bertz CT molecular complexity index is 144. The number of rotatable bonds is 2. The van der Waals surface area contributed by atoms with Gasteiger partial charge in [-0.25, -0.2) is 0 Å². The Labute approximate surface area is 62.3 Å². The first-order valence-electron chi connectivity index (χ1n) is 2.97. The lowest BCUT2D eigenvalue weighted by atomic mass is 10.2. The van der Waals surface area contributed by atoms with Crippen LogP contribution in [0.4, 0.5) is 3.89 Å². The van der Waals surface area contributed by atoms with Crippen molar-refractivity contribution < 1.29 is 13.8 Å². The van der Waals surface area contributed by atoms with Gasteiger partial charge in [0.15, 0.2) is 0 Å². The second-order valence-electron chi connectivity index (χ2n) is 2.25. The van der Waals surface area contributed by atoms with Crippen molar-refractivity contribution in [3.8, 4) is 0 Å². The maximum Gasteiger partial charge on any atom is 0.320 e. The molecule has 5 heteroatoms. The van der Waals surface area contributed by atoms with Gasteiger partial charge in [0.2, 0.25) is 0 Å². The Kier molecular flexibility index (Phi) is 2.50. The summed E-state index contributed by atoms with van der Waals surface area (Å²) in [7, 11) is 0. The zero-order valence-electron chi connectivity index (χ0n) is 5.21. The molecule has 58 valence electrons. The molecule has 1 fully saturated rings. The number of carbonyl (C=O) groups is 1. The number of aliphatic carboxylic acids is 1. The highest BCUT2D eigenvalue weighted by molar-refractivity contribution is 7.95. The molecule has 1 unspecified atom stereocenters. The summed E-state index contributed by atoms with van der Waals surface area (Å²) >= 11 is 0.228. The van der Waals surface area contributed by atoms with Crippen molar-refractivity contribution in [3.63, 3.8) is 0 Å². The lowest BCUT2D eigenvalue weighted by molar-refractivity contribution is -0.139. The van der Waals surface area contributed by atoms with Gasteiger partial charge >= 0.3 is 5.97 Å². The van der Waals surface area contributed by atoms with Crippen LogP contribution in [-0.2, 0) is 4.79 Å². The Hall–Kier alpha value is -0.290. The zero-order valence-corrected chi connectivity index (χ0v) is 6.03. The lowest BCUT2D eigenvalue weighted by Gasteiger charge is -2.00. The van der Waals surface area contributed by atoms with E-state index in [0.717, 1.165) is 0 Å². The molecule has 0 bridgehead atoms. The van der Waals surface area contributed by atoms with Gasteiger partial charge in [-0.3, -0.25) is 4.79 Å². The van der Waals surface area contributed by atoms with Crippen LogP contribution in [0.3, 0.4) is 0 Å². The van der Waals surface area contributed by atoms with Crippen LogP contribution >= 0.6 is 12.1 Å². The summed E-state index contributed by atoms with van der Waals surface area (Å²) in [5.41, 5.74) is 0. The van der Waals surface area contributed by atoms with Crippen molar-refractivity contribution in [1.82, 2.24) is 5.32 Å². The second-order valence-corrected chi connectivity index (χ2v) is 3.09. The highest BCUT2D eigenvalue weighted by Crippen LogP contribution is 2.21. The molecule has 0 amide bonds. The van der Waals surface area contributed by atoms with Crippen LogP contribution in [0, 0.1) is 0 Å². The third-order valence-electron chi connectivity index (χ3n) is 1.51. The molecule has 1 saturated heterocycles. The Morgan fingerprint density at radius 2 is 2.50 bits per heavy atom. The van der Waals surface area contributed by atoms with E-state index in [0.29, 0.717) is 13.0 Å². The maximum absolute atomic E-state index is 11.8. The highest BCUT2D eigenvalue weighted by Gasteiger charge is 2.29. The molecular weight excluding hydrogens is 157 g/mol. The summed E-state index contributed by atoms with van der Waals surface area (Å²) < 4.78 is 11.8. The van der Waals surface area contributed by atoms with Gasteiger partial charge in [0, 0.05) is 18.7 Å². The van der Waals surface area contributed by atoms with Crippen molar-refractivity contribution in [3.05, 3.63) is 0 Å². The fourth-order valence-electron chi connectivity index (χ4n) is 0.959. The summed E-state index contributed by atoms with van der Waals surface area (Å²) in [4.78, 5) is 10.3. The number of carboxylic acid groups (broad SMARTS) is 1. The summed E-state index contributed by atoms with van der Waals surface area (Å²) in [6, 6.07) is -0.548. The van der Waals surface area contributed by atoms with E-state index in [9.17, 15) is 8.68 Å². The normalized spacial score (nSPS) is 32.5. The Morgan fingerprint density at radius 3 is 2.80 bits per heavy atom. The van der Waals surface area contributed by atoms with Crippen molar-refractivity contribution >= 4 is 18.1 Å². The van der Waals surface area contributed by atoms with Crippen LogP contribution in [0.15, 0.2) is 0 Å². The fraction of sp³-hybridized carbons (Fsp3) is 0.800. The molecule has 0 spiro atoms. The van der Waals surface area contributed by atoms with E-state index in [-0.39, 0.29) is 17.4 Å². The molecule has 3 nitrogen and oxygen atoms in total. The van der Waals surface area contributed by atoms with Gasteiger partial charge in [-0.05, 0) is 6.42 Å². The minimum absolute atomic E-state index is 0.180. The smallest absolute Gasteiger partial charge is 0.320 e. The summed E-state index contributed by atoms with van der Waals surface area (Å²) in [5.74, 6) is -0.892. The molecule has 0 aromatic heterocycles. The first-order chi connectivity index (χ1) is 4.74. The molecule has 0 aromatic carbocycles. The molecular formula is C5H8FNO2S. The van der Waals surface area contributed by atoms with E-state index in [4.69, 9.17) is 5.11 Å². The van der Waals surface area contributed by atoms with Crippen molar-refractivity contribution in [2.45, 2.75) is 17.7 Å². The summed E-state index contributed by atoms with van der Waals surface area (Å²) in [6.07, 6.45) is 0.385. The number of hydrogen-bond donors (Lipinski definition) is 2. The highest BCUT2D eigenvalue weighted by atomic mass is 32.2. The topological polar surface area (TPSA) is 49.3 Å². The molecule has 0 radical (unpaired) electrons. The SMILES string of the molecule is O=C(O)[C@@H]1CC(SF)CN1. The van der Waals surface area contributed by atoms with Gasteiger partial charge in [-0.2, -0.15) is 3.89 Å². The largest absolute Gasteiger partial charge is 0.480 e. The van der Waals surface area contributed by atoms with Crippen LogP contribution < -0.4 is 5.32 Å². The number of hydrogen-bond acceptors (Lipinski definition) is 3. The minimum Gasteiger partial charge on any atom is -0.480 e. The van der Waals surface area contributed by atoms with E-state index in [1.807, 2.05) is 0 Å². The van der Waals surface area contributed by atoms with Crippen LogP contribution in [0.2, 0.25) is 0 Å². The first-order valence-corrected chi connectivity index (χ1v) is 3.75. The van der Waals surface area contributed by atoms with Gasteiger partial charge in [-0.1, -0.05) is 0 Å². The van der Waals surface area contributed by atoms with E-state index in [1.54, 1.807) is 0 Å². The molecule has 2 N–H and O–H groups in total. The van der Waals surface area contributed by atoms with Crippen LogP contribution in [0.5, 0.6) is 0 Å². The average molecular weight is 165 g/mol. The first kappa shape index (κ1) is 7.81.